The second-order valence-electron chi connectivity index (χ2n) is 6.21. The molecular formula is C17H15ClF2N6O2S. The molecule has 0 bridgehead atoms. The highest BCUT2D eigenvalue weighted by Gasteiger charge is 2.26. The lowest BCUT2D eigenvalue weighted by atomic mass is 10.2. The molecule has 0 fully saturated rings. The van der Waals surface area contributed by atoms with Crippen molar-refractivity contribution in [2.24, 2.45) is 0 Å². The van der Waals surface area contributed by atoms with Crippen LogP contribution in [0.4, 0.5) is 26.4 Å². The summed E-state index contributed by atoms with van der Waals surface area (Å²) in [6, 6.07) is 8.15. The molecule has 0 atom stereocenters. The first-order chi connectivity index (χ1) is 13.4. The van der Waals surface area contributed by atoms with Crippen molar-refractivity contribution in [1.82, 2.24) is 19.9 Å². The van der Waals surface area contributed by atoms with Gasteiger partial charge in [0.15, 0.2) is 15.7 Å². The van der Waals surface area contributed by atoms with Gasteiger partial charge in [-0.25, -0.2) is 13.4 Å². The monoisotopic (exact) mass is 440 g/mol. The molecule has 2 heterocycles. The molecule has 0 saturated carbocycles. The van der Waals surface area contributed by atoms with Crippen molar-refractivity contribution in [2.45, 2.75) is 17.7 Å². The molecule has 12 heteroatoms. The normalized spacial score (nSPS) is 12.0. The molecule has 0 amide bonds. The standard InChI is InChI=1S/C17H15ClF2N6O2S/c1-17(19,20)13-5-3-4-12(23-13)14-24-15(21)26-16(25-14)22-10-6-9(18)7-11(8-10)29(2,27)28/h3-8H,1-2H3,(H3,21,22,24,25,26). The van der Waals surface area contributed by atoms with Crippen molar-refractivity contribution in [3.05, 3.63) is 47.1 Å². The average Bonchev–Trinajstić information content (AvgIpc) is 2.59. The third-order valence-electron chi connectivity index (χ3n) is 3.64. The fraction of sp³-hybridized carbons (Fsp3) is 0.176. The number of nitrogens with one attached hydrogen (secondary N) is 1. The fourth-order valence-corrected chi connectivity index (χ4v) is 3.33. The summed E-state index contributed by atoms with van der Waals surface area (Å²) >= 11 is 5.98. The SMILES string of the molecule is CC(F)(F)c1cccc(-c2nc(N)nc(Nc3cc(Cl)cc(S(C)(=O)=O)c3)n2)n1. The molecule has 29 heavy (non-hydrogen) atoms. The molecule has 3 rings (SSSR count). The van der Waals surface area contributed by atoms with Gasteiger partial charge in [0.1, 0.15) is 11.4 Å². The summed E-state index contributed by atoms with van der Waals surface area (Å²) < 4.78 is 50.7. The summed E-state index contributed by atoms with van der Waals surface area (Å²) in [5, 5.41) is 2.96. The number of pyridine rings is 1. The van der Waals surface area contributed by atoms with E-state index in [4.69, 9.17) is 17.3 Å². The topological polar surface area (TPSA) is 124 Å². The van der Waals surface area contributed by atoms with Gasteiger partial charge in [-0.15, -0.1) is 0 Å². The molecule has 2 aromatic heterocycles. The van der Waals surface area contributed by atoms with Gasteiger partial charge in [-0.1, -0.05) is 17.7 Å². The third-order valence-corrected chi connectivity index (χ3v) is 4.95. The van der Waals surface area contributed by atoms with Crippen LogP contribution in [0.1, 0.15) is 12.6 Å². The van der Waals surface area contributed by atoms with Crippen LogP contribution in [0.25, 0.3) is 11.5 Å². The highest BCUT2D eigenvalue weighted by Crippen LogP contribution is 2.28. The van der Waals surface area contributed by atoms with Gasteiger partial charge in [0.25, 0.3) is 5.92 Å². The van der Waals surface area contributed by atoms with E-state index in [1.54, 1.807) is 0 Å². The summed E-state index contributed by atoms with van der Waals surface area (Å²) in [7, 11) is -3.50. The van der Waals surface area contributed by atoms with Crippen molar-refractivity contribution in [1.29, 1.82) is 0 Å². The molecule has 0 radical (unpaired) electrons. The van der Waals surface area contributed by atoms with Crippen LogP contribution in [0.5, 0.6) is 0 Å². The minimum atomic E-state index is -3.50. The van der Waals surface area contributed by atoms with Gasteiger partial charge in [0, 0.05) is 23.9 Å². The van der Waals surface area contributed by atoms with Crippen LogP contribution in [0, 0.1) is 0 Å². The first-order valence-corrected chi connectivity index (χ1v) is 10.3. The van der Waals surface area contributed by atoms with Gasteiger partial charge < -0.3 is 11.1 Å². The smallest absolute Gasteiger partial charge is 0.286 e. The number of aromatic nitrogens is 4. The van der Waals surface area contributed by atoms with Gasteiger partial charge >= 0.3 is 0 Å². The quantitative estimate of drug-likeness (QED) is 0.618. The molecule has 0 saturated heterocycles. The average molecular weight is 441 g/mol. The first kappa shape index (κ1) is 20.8. The zero-order chi connectivity index (χ0) is 21.4. The Morgan fingerprint density at radius 2 is 1.83 bits per heavy atom. The van der Waals surface area contributed by atoms with E-state index in [0.717, 1.165) is 13.2 Å². The van der Waals surface area contributed by atoms with Crippen LogP contribution in [-0.4, -0.2) is 34.6 Å². The molecule has 0 aliphatic heterocycles. The minimum absolute atomic E-state index is 0.00528. The van der Waals surface area contributed by atoms with Gasteiger partial charge in [0.2, 0.25) is 11.9 Å². The zero-order valence-corrected chi connectivity index (χ0v) is 16.8. The van der Waals surface area contributed by atoms with Crippen molar-refractivity contribution in [2.75, 3.05) is 17.3 Å². The summed E-state index contributed by atoms with van der Waals surface area (Å²) in [5.74, 6) is -3.39. The number of benzene rings is 1. The number of rotatable bonds is 5. The maximum atomic E-state index is 13.6. The number of nitrogens with zero attached hydrogens (tertiary/aromatic N) is 4. The number of sulfone groups is 1. The van der Waals surface area contributed by atoms with Crippen LogP contribution >= 0.6 is 11.6 Å². The number of nitrogens with two attached hydrogens (primary N) is 1. The third kappa shape index (κ3) is 5.12. The van der Waals surface area contributed by atoms with Gasteiger partial charge in [-0.3, -0.25) is 0 Å². The number of anilines is 3. The largest absolute Gasteiger partial charge is 0.368 e. The highest BCUT2D eigenvalue weighted by molar-refractivity contribution is 7.90. The number of alkyl halides is 2. The van der Waals surface area contributed by atoms with Crippen molar-refractivity contribution in [3.63, 3.8) is 0 Å². The van der Waals surface area contributed by atoms with E-state index >= 15 is 0 Å². The lowest BCUT2D eigenvalue weighted by Crippen LogP contribution is -2.11. The van der Waals surface area contributed by atoms with Crippen LogP contribution in [-0.2, 0) is 15.8 Å². The number of hydrogen-bond donors (Lipinski definition) is 2. The van der Waals surface area contributed by atoms with E-state index in [2.05, 4.69) is 25.3 Å². The molecule has 0 unspecified atom stereocenters. The van der Waals surface area contributed by atoms with Gasteiger partial charge in [-0.2, -0.15) is 23.7 Å². The maximum absolute atomic E-state index is 13.6. The Balaban J connectivity index is 2.00. The molecule has 1 aromatic carbocycles. The highest BCUT2D eigenvalue weighted by atomic mass is 35.5. The first-order valence-electron chi connectivity index (χ1n) is 8.07. The molecular weight excluding hydrogens is 426 g/mol. The van der Waals surface area contributed by atoms with E-state index in [9.17, 15) is 17.2 Å². The van der Waals surface area contributed by atoms with Crippen molar-refractivity contribution in [3.8, 4) is 11.5 Å². The number of nitrogen functional groups attached to an aromatic ring is 1. The second kappa shape index (κ2) is 7.48. The Bertz CT molecular complexity index is 1180. The predicted molar refractivity (Wildman–Crippen MR) is 105 cm³/mol. The summed E-state index contributed by atoms with van der Waals surface area (Å²) in [5.41, 5.74) is 5.62. The molecule has 0 aliphatic carbocycles. The number of halogens is 3. The zero-order valence-electron chi connectivity index (χ0n) is 15.2. The van der Waals surface area contributed by atoms with E-state index in [1.807, 2.05) is 0 Å². The van der Waals surface area contributed by atoms with Crippen LogP contribution in [0.3, 0.4) is 0 Å². The second-order valence-corrected chi connectivity index (χ2v) is 8.66. The van der Waals surface area contributed by atoms with E-state index in [0.29, 0.717) is 0 Å². The Kier molecular flexibility index (Phi) is 5.37. The molecule has 152 valence electrons. The van der Waals surface area contributed by atoms with E-state index in [-0.39, 0.29) is 39.0 Å². The molecule has 0 spiro atoms. The van der Waals surface area contributed by atoms with E-state index < -0.39 is 21.5 Å². The van der Waals surface area contributed by atoms with Crippen LogP contribution in [0.2, 0.25) is 5.02 Å². The van der Waals surface area contributed by atoms with Crippen molar-refractivity contribution < 1.29 is 17.2 Å². The van der Waals surface area contributed by atoms with Crippen LogP contribution < -0.4 is 11.1 Å². The van der Waals surface area contributed by atoms with Gasteiger partial charge in [0.05, 0.1) is 4.90 Å². The lowest BCUT2D eigenvalue weighted by Gasteiger charge is -2.11. The van der Waals surface area contributed by atoms with Crippen molar-refractivity contribution >= 4 is 39.0 Å². The predicted octanol–water partition coefficient (Wildman–Crippen LogP) is 3.43. The summed E-state index contributed by atoms with van der Waals surface area (Å²) in [6.45, 7) is 0.729. The lowest BCUT2D eigenvalue weighted by molar-refractivity contribution is 0.0129. The summed E-state index contributed by atoms with van der Waals surface area (Å²) in [4.78, 5) is 15.9. The Morgan fingerprint density at radius 3 is 2.48 bits per heavy atom. The Morgan fingerprint density at radius 1 is 1.10 bits per heavy atom. The van der Waals surface area contributed by atoms with Crippen LogP contribution in [0.15, 0.2) is 41.3 Å². The molecule has 3 aromatic rings. The molecule has 8 nitrogen and oxygen atoms in total. The maximum Gasteiger partial charge on any atom is 0.286 e. The van der Waals surface area contributed by atoms with E-state index in [1.165, 1.54) is 36.4 Å². The van der Waals surface area contributed by atoms with Gasteiger partial charge in [-0.05, 0) is 30.3 Å². The molecule has 3 N–H and O–H groups in total. The molecule has 0 aliphatic rings. The minimum Gasteiger partial charge on any atom is -0.368 e. The Hall–Kier alpha value is -2.92. The number of hydrogen-bond acceptors (Lipinski definition) is 8. The fourth-order valence-electron chi connectivity index (χ4n) is 2.34. The Labute approximate surface area is 170 Å². The summed E-state index contributed by atoms with van der Waals surface area (Å²) in [6.07, 6.45) is 1.05.